The van der Waals surface area contributed by atoms with E-state index in [1.54, 1.807) is 6.20 Å². The third kappa shape index (κ3) is 1.32. The van der Waals surface area contributed by atoms with Gasteiger partial charge in [0.2, 0.25) is 0 Å². The molecule has 3 nitrogen and oxygen atoms in total. The molecule has 2 N–H and O–H groups in total. The van der Waals surface area contributed by atoms with Crippen molar-refractivity contribution in [3.63, 3.8) is 0 Å². The lowest BCUT2D eigenvalue weighted by atomic mass is 10.1. The minimum Gasteiger partial charge on any atom is -0.491 e. The van der Waals surface area contributed by atoms with Crippen LogP contribution >= 0.6 is 15.9 Å². The Hall–Kier alpha value is -0.610. The van der Waals surface area contributed by atoms with Gasteiger partial charge in [-0.25, -0.2) is 0 Å². The van der Waals surface area contributed by atoms with Gasteiger partial charge in [-0.1, -0.05) is 0 Å². The first-order chi connectivity index (χ1) is 5.77. The van der Waals surface area contributed by atoms with Crippen molar-refractivity contribution in [1.29, 1.82) is 0 Å². The highest BCUT2D eigenvalue weighted by Gasteiger charge is 2.19. The van der Waals surface area contributed by atoms with Gasteiger partial charge in [-0.15, -0.1) is 0 Å². The molecule has 0 saturated heterocycles. The third-order valence-electron chi connectivity index (χ3n) is 1.89. The van der Waals surface area contributed by atoms with E-state index in [-0.39, 0.29) is 6.04 Å². The lowest BCUT2D eigenvalue weighted by Crippen LogP contribution is -2.21. The highest BCUT2D eigenvalue weighted by atomic mass is 79.9. The lowest BCUT2D eigenvalue weighted by Gasteiger charge is -2.21. The van der Waals surface area contributed by atoms with E-state index in [0.717, 1.165) is 22.3 Å². The highest BCUT2D eigenvalue weighted by molar-refractivity contribution is 9.10. The molecular weight excluding hydrogens is 220 g/mol. The number of nitrogens with two attached hydrogens (primary N) is 1. The summed E-state index contributed by atoms with van der Waals surface area (Å²) in [5, 5.41) is 0. The van der Waals surface area contributed by atoms with Crippen LogP contribution in [0.25, 0.3) is 0 Å². The van der Waals surface area contributed by atoms with Crippen LogP contribution in [0.3, 0.4) is 0 Å². The van der Waals surface area contributed by atoms with Crippen molar-refractivity contribution >= 4 is 15.9 Å². The molecule has 0 bridgehead atoms. The largest absolute Gasteiger partial charge is 0.491 e. The number of rotatable bonds is 0. The lowest BCUT2D eigenvalue weighted by molar-refractivity contribution is 0.264. The molecule has 2 rings (SSSR count). The summed E-state index contributed by atoms with van der Waals surface area (Å²) in [5.41, 5.74) is 6.70. The number of pyridine rings is 1. The van der Waals surface area contributed by atoms with E-state index >= 15 is 0 Å². The molecule has 1 aromatic rings. The van der Waals surface area contributed by atoms with Crippen LogP contribution < -0.4 is 10.5 Å². The van der Waals surface area contributed by atoms with Crippen molar-refractivity contribution in [3.05, 3.63) is 22.4 Å². The number of halogens is 1. The Labute approximate surface area is 79.1 Å². The van der Waals surface area contributed by atoms with Gasteiger partial charge >= 0.3 is 0 Å². The third-order valence-corrected chi connectivity index (χ3v) is 2.32. The van der Waals surface area contributed by atoms with Crippen molar-refractivity contribution in [2.45, 2.75) is 12.5 Å². The second-order valence-corrected chi connectivity index (χ2v) is 3.70. The minimum atomic E-state index is 0.0295. The van der Waals surface area contributed by atoms with Crippen molar-refractivity contribution in [2.75, 3.05) is 6.61 Å². The maximum Gasteiger partial charge on any atom is 0.143 e. The SMILES string of the molecule is N[C@H]1CCOc2cc(Br)cnc21. The maximum absolute atomic E-state index is 5.84. The molecule has 0 spiro atoms. The summed E-state index contributed by atoms with van der Waals surface area (Å²) >= 11 is 3.33. The predicted molar refractivity (Wildman–Crippen MR) is 49.0 cm³/mol. The Morgan fingerprint density at radius 3 is 3.33 bits per heavy atom. The zero-order valence-corrected chi connectivity index (χ0v) is 8.04. The molecule has 0 saturated carbocycles. The molecule has 0 aliphatic carbocycles. The van der Waals surface area contributed by atoms with Crippen molar-refractivity contribution in [1.82, 2.24) is 4.98 Å². The zero-order valence-electron chi connectivity index (χ0n) is 6.46. The van der Waals surface area contributed by atoms with E-state index < -0.39 is 0 Å². The van der Waals surface area contributed by atoms with Crippen LogP contribution in [0.4, 0.5) is 0 Å². The standard InChI is InChI=1S/C8H9BrN2O/c9-5-3-7-8(11-4-5)6(10)1-2-12-7/h3-4,6H,1-2,10H2/t6-/m0/s1. The summed E-state index contributed by atoms with van der Waals surface area (Å²) in [7, 11) is 0. The molecule has 0 unspecified atom stereocenters. The molecule has 0 aromatic carbocycles. The van der Waals surface area contributed by atoms with Gasteiger partial charge < -0.3 is 10.5 Å². The minimum absolute atomic E-state index is 0.0295. The van der Waals surface area contributed by atoms with Crippen molar-refractivity contribution < 1.29 is 4.74 Å². The van der Waals surface area contributed by atoms with Gasteiger partial charge in [-0.2, -0.15) is 0 Å². The van der Waals surface area contributed by atoms with Gasteiger partial charge in [0, 0.05) is 17.1 Å². The average molecular weight is 229 g/mol. The second kappa shape index (κ2) is 3.03. The first-order valence-corrected chi connectivity index (χ1v) is 4.60. The quantitative estimate of drug-likeness (QED) is 0.735. The Balaban J connectivity index is 2.46. The van der Waals surface area contributed by atoms with Gasteiger partial charge in [0.05, 0.1) is 18.3 Å². The molecule has 0 amide bonds. The topological polar surface area (TPSA) is 48.1 Å². The summed E-state index contributed by atoms with van der Waals surface area (Å²) in [6.45, 7) is 0.687. The van der Waals surface area contributed by atoms with E-state index in [2.05, 4.69) is 20.9 Å². The average Bonchev–Trinajstić information content (AvgIpc) is 2.04. The Kier molecular flexibility index (Phi) is 2.02. The number of ether oxygens (including phenoxy) is 1. The molecule has 2 heterocycles. The fourth-order valence-electron chi connectivity index (χ4n) is 1.26. The second-order valence-electron chi connectivity index (χ2n) is 2.78. The fourth-order valence-corrected chi connectivity index (χ4v) is 1.57. The van der Waals surface area contributed by atoms with Crippen LogP contribution in [0.1, 0.15) is 18.2 Å². The van der Waals surface area contributed by atoms with Crippen LogP contribution in [0, 0.1) is 0 Å². The van der Waals surface area contributed by atoms with Crippen molar-refractivity contribution in [2.24, 2.45) is 5.73 Å². The molecular formula is C8H9BrN2O. The number of fused-ring (bicyclic) bond motifs is 1. The number of aromatic nitrogens is 1. The monoisotopic (exact) mass is 228 g/mol. The van der Waals surface area contributed by atoms with Gasteiger partial charge in [-0.3, -0.25) is 4.98 Å². The zero-order chi connectivity index (χ0) is 8.55. The summed E-state index contributed by atoms with van der Waals surface area (Å²) in [4.78, 5) is 4.20. The Morgan fingerprint density at radius 1 is 1.67 bits per heavy atom. The molecule has 1 aliphatic heterocycles. The molecule has 64 valence electrons. The smallest absolute Gasteiger partial charge is 0.143 e. The fraction of sp³-hybridized carbons (Fsp3) is 0.375. The van der Waals surface area contributed by atoms with E-state index in [1.807, 2.05) is 6.07 Å². The molecule has 1 aromatic heterocycles. The van der Waals surface area contributed by atoms with E-state index in [0.29, 0.717) is 6.61 Å². The summed E-state index contributed by atoms with van der Waals surface area (Å²) in [6.07, 6.45) is 2.59. The molecule has 4 heteroatoms. The highest BCUT2D eigenvalue weighted by Crippen LogP contribution is 2.30. The van der Waals surface area contributed by atoms with Gasteiger partial charge in [0.25, 0.3) is 0 Å². The maximum atomic E-state index is 5.84. The number of nitrogens with zero attached hydrogens (tertiary/aromatic N) is 1. The van der Waals surface area contributed by atoms with Gasteiger partial charge in [-0.05, 0) is 22.0 Å². The first-order valence-electron chi connectivity index (χ1n) is 3.81. The van der Waals surface area contributed by atoms with Crippen LogP contribution in [-0.2, 0) is 0 Å². The van der Waals surface area contributed by atoms with E-state index in [4.69, 9.17) is 10.5 Å². The van der Waals surface area contributed by atoms with E-state index in [1.165, 1.54) is 0 Å². The molecule has 12 heavy (non-hydrogen) atoms. The normalized spacial score (nSPS) is 21.3. The van der Waals surface area contributed by atoms with Crippen LogP contribution in [0.15, 0.2) is 16.7 Å². The summed E-state index contributed by atoms with van der Waals surface area (Å²) in [6, 6.07) is 1.93. The van der Waals surface area contributed by atoms with Crippen LogP contribution in [-0.4, -0.2) is 11.6 Å². The first kappa shape index (κ1) is 8.01. The van der Waals surface area contributed by atoms with Crippen molar-refractivity contribution in [3.8, 4) is 5.75 Å². The van der Waals surface area contributed by atoms with Crippen LogP contribution in [0.2, 0.25) is 0 Å². The Bertz CT molecular complexity index is 303. The molecule has 1 atom stereocenters. The molecule has 0 fully saturated rings. The summed E-state index contributed by atoms with van der Waals surface area (Å²) < 4.78 is 6.33. The number of hydrogen-bond acceptors (Lipinski definition) is 3. The predicted octanol–water partition coefficient (Wildman–Crippen LogP) is 1.63. The molecule has 1 aliphatic rings. The molecule has 0 radical (unpaired) electrons. The van der Waals surface area contributed by atoms with Gasteiger partial charge in [0.15, 0.2) is 0 Å². The Morgan fingerprint density at radius 2 is 2.50 bits per heavy atom. The summed E-state index contributed by atoms with van der Waals surface area (Å²) in [5.74, 6) is 0.808. The van der Waals surface area contributed by atoms with Crippen LogP contribution in [0.5, 0.6) is 5.75 Å². The van der Waals surface area contributed by atoms with Gasteiger partial charge in [0.1, 0.15) is 5.75 Å². The number of hydrogen-bond donors (Lipinski definition) is 1. The van der Waals surface area contributed by atoms with E-state index in [9.17, 15) is 0 Å².